The number of anilines is 3. The average Bonchev–Trinajstić information content (AvgIpc) is 3.29. The molecule has 0 saturated heterocycles. The molecule has 57 heavy (non-hydrogen) atoms. The number of para-hydroxylation sites is 2. The fourth-order valence-electron chi connectivity index (χ4n) is 8.11. The molecule has 3 aromatic heterocycles. The van der Waals surface area contributed by atoms with Crippen LogP contribution in [0.3, 0.4) is 0 Å². The smallest absolute Gasteiger partial charge is 0.0708 e. The number of hydrogen-bond donors (Lipinski definition) is 0. The van der Waals surface area contributed by atoms with Crippen molar-refractivity contribution in [3.8, 4) is 33.5 Å². The van der Waals surface area contributed by atoms with Gasteiger partial charge in [-0.15, -0.1) is 0 Å². The van der Waals surface area contributed by atoms with Gasteiger partial charge in [-0.3, -0.25) is 15.0 Å². The van der Waals surface area contributed by atoms with Gasteiger partial charge in [0.15, 0.2) is 0 Å². The third-order valence-corrected chi connectivity index (χ3v) is 11.1. The molecular formula is C53H34N4. The third-order valence-electron chi connectivity index (χ3n) is 11.1. The fourth-order valence-corrected chi connectivity index (χ4v) is 8.11. The predicted octanol–water partition coefficient (Wildman–Crippen LogP) is 14.1. The number of pyridine rings is 3. The lowest BCUT2D eigenvalue weighted by atomic mass is 9.98. The van der Waals surface area contributed by atoms with Crippen LogP contribution in [0.4, 0.5) is 17.1 Å². The Hall–Kier alpha value is -7.69. The van der Waals surface area contributed by atoms with Gasteiger partial charge in [0.1, 0.15) is 0 Å². The molecule has 0 bridgehead atoms. The second-order valence-corrected chi connectivity index (χ2v) is 14.6. The van der Waals surface area contributed by atoms with E-state index in [-0.39, 0.29) is 0 Å². The molecule has 0 aliphatic heterocycles. The highest BCUT2D eigenvalue weighted by molar-refractivity contribution is 6.09. The van der Waals surface area contributed by atoms with Crippen LogP contribution in [-0.4, -0.2) is 15.0 Å². The Labute approximate surface area is 330 Å². The summed E-state index contributed by atoms with van der Waals surface area (Å²) in [4.78, 5) is 16.6. The van der Waals surface area contributed by atoms with Crippen molar-refractivity contribution in [1.29, 1.82) is 0 Å². The van der Waals surface area contributed by atoms with Crippen molar-refractivity contribution in [2.75, 3.05) is 4.90 Å². The Morgan fingerprint density at radius 2 is 0.754 bits per heavy atom. The van der Waals surface area contributed by atoms with Gasteiger partial charge in [-0.25, -0.2) is 0 Å². The maximum Gasteiger partial charge on any atom is 0.0708 e. The molecule has 0 spiro atoms. The van der Waals surface area contributed by atoms with Gasteiger partial charge in [-0.1, -0.05) is 115 Å². The van der Waals surface area contributed by atoms with Gasteiger partial charge in [-0.05, 0) is 111 Å². The van der Waals surface area contributed by atoms with Crippen LogP contribution in [0.25, 0.3) is 87.6 Å². The van der Waals surface area contributed by atoms with E-state index in [9.17, 15) is 0 Å². The molecule has 4 heteroatoms. The Morgan fingerprint density at radius 1 is 0.281 bits per heavy atom. The number of benzene rings is 8. The van der Waals surface area contributed by atoms with Crippen molar-refractivity contribution in [3.05, 3.63) is 207 Å². The molecule has 0 amide bonds. The van der Waals surface area contributed by atoms with Gasteiger partial charge >= 0.3 is 0 Å². The Balaban J connectivity index is 0.981. The minimum atomic E-state index is 0.979. The van der Waals surface area contributed by atoms with Crippen LogP contribution in [0.5, 0.6) is 0 Å². The molecule has 4 nitrogen and oxygen atoms in total. The summed E-state index contributed by atoms with van der Waals surface area (Å²) in [7, 11) is 0. The first-order chi connectivity index (χ1) is 28.2. The van der Waals surface area contributed by atoms with E-state index in [0.29, 0.717) is 0 Å². The van der Waals surface area contributed by atoms with Crippen molar-refractivity contribution in [2.24, 2.45) is 0 Å². The zero-order chi connectivity index (χ0) is 37.7. The summed E-state index contributed by atoms with van der Waals surface area (Å²) in [5.74, 6) is 0. The van der Waals surface area contributed by atoms with Crippen LogP contribution in [-0.2, 0) is 0 Å². The van der Waals surface area contributed by atoms with Crippen LogP contribution >= 0.6 is 0 Å². The first kappa shape index (κ1) is 32.7. The maximum atomic E-state index is 4.79. The number of fused-ring (bicyclic) bond motifs is 6. The molecule has 3 heterocycles. The molecule has 0 atom stereocenters. The summed E-state index contributed by atoms with van der Waals surface area (Å²) in [5, 5.41) is 9.41. The van der Waals surface area contributed by atoms with Gasteiger partial charge in [0, 0.05) is 68.5 Å². The summed E-state index contributed by atoms with van der Waals surface area (Å²) < 4.78 is 0. The van der Waals surface area contributed by atoms with Crippen molar-refractivity contribution in [1.82, 2.24) is 15.0 Å². The van der Waals surface area contributed by atoms with E-state index in [1.165, 1.54) is 26.9 Å². The zero-order valence-corrected chi connectivity index (χ0v) is 30.9. The summed E-state index contributed by atoms with van der Waals surface area (Å²) in [6.45, 7) is 0. The molecule has 266 valence electrons. The summed E-state index contributed by atoms with van der Waals surface area (Å²) in [6, 6.07) is 67.0. The topological polar surface area (TPSA) is 41.9 Å². The lowest BCUT2D eigenvalue weighted by molar-refractivity contribution is 1.29. The predicted molar refractivity (Wildman–Crippen MR) is 238 cm³/mol. The van der Waals surface area contributed by atoms with Crippen LogP contribution in [0.15, 0.2) is 207 Å². The normalized spacial score (nSPS) is 11.5. The quantitative estimate of drug-likeness (QED) is 0.160. The van der Waals surface area contributed by atoms with E-state index in [0.717, 1.165) is 77.8 Å². The van der Waals surface area contributed by atoms with Gasteiger partial charge in [-0.2, -0.15) is 0 Å². The molecule has 0 aliphatic carbocycles. The molecule has 0 unspecified atom stereocenters. The lowest BCUT2D eigenvalue weighted by Crippen LogP contribution is -2.09. The largest absolute Gasteiger partial charge is 0.310 e. The number of hydrogen-bond acceptors (Lipinski definition) is 4. The van der Waals surface area contributed by atoms with Gasteiger partial charge in [0.2, 0.25) is 0 Å². The molecule has 0 fully saturated rings. The average molecular weight is 727 g/mol. The summed E-state index contributed by atoms with van der Waals surface area (Å²) in [6.07, 6.45) is 5.89. The van der Waals surface area contributed by atoms with E-state index in [4.69, 9.17) is 15.0 Å². The highest BCUT2D eigenvalue weighted by Crippen LogP contribution is 2.40. The Kier molecular flexibility index (Phi) is 7.78. The van der Waals surface area contributed by atoms with E-state index in [1.807, 2.05) is 30.7 Å². The first-order valence-corrected chi connectivity index (χ1v) is 19.2. The highest BCUT2D eigenvalue weighted by atomic mass is 15.1. The van der Waals surface area contributed by atoms with Gasteiger partial charge in [0.25, 0.3) is 0 Å². The Morgan fingerprint density at radius 3 is 1.37 bits per heavy atom. The zero-order valence-electron chi connectivity index (χ0n) is 30.9. The van der Waals surface area contributed by atoms with E-state index >= 15 is 0 Å². The second-order valence-electron chi connectivity index (χ2n) is 14.6. The van der Waals surface area contributed by atoms with Gasteiger partial charge in [0.05, 0.1) is 16.7 Å². The Bertz CT molecular complexity index is 3180. The standard InChI is InChI=1S/C53H34N4/c1-2-10-43-32-56-53(31-37(43)7-1)42-19-25-49-38(27-42)13-14-39-30-48(24-26-50(39)49)57(46-20-15-35(16-21-46)44-28-40-8-3-5-11-51(40)54-33-44)47-22-17-36(18-23-47)45-29-41-9-4-6-12-52(41)55-34-45/h1-34H. The fraction of sp³-hybridized carbons (Fsp3) is 0. The molecule has 11 aromatic rings. The third kappa shape index (κ3) is 6.01. The number of rotatable bonds is 6. The first-order valence-electron chi connectivity index (χ1n) is 19.2. The van der Waals surface area contributed by atoms with Gasteiger partial charge < -0.3 is 4.90 Å². The summed E-state index contributed by atoms with van der Waals surface area (Å²) in [5.41, 5.74) is 11.7. The summed E-state index contributed by atoms with van der Waals surface area (Å²) >= 11 is 0. The van der Waals surface area contributed by atoms with Crippen molar-refractivity contribution in [2.45, 2.75) is 0 Å². The highest BCUT2D eigenvalue weighted by Gasteiger charge is 2.16. The molecule has 11 rings (SSSR count). The van der Waals surface area contributed by atoms with Crippen molar-refractivity contribution < 1.29 is 0 Å². The van der Waals surface area contributed by atoms with Crippen LogP contribution < -0.4 is 4.90 Å². The number of nitrogens with zero attached hydrogens (tertiary/aromatic N) is 4. The minimum Gasteiger partial charge on any atom is -0.310 e. The molecule has 0 N–H and O–H groups in total. The van der Waals surface area contributed by atoms with Crippen LogP contribution in [0.1, 0.15) is 0 Å². The van der Waals surface area contributed by atoms with Crippen molar-refractivity contribution in [3.63, 3.8) is 0 Å². The molecule has 0 aliphatic rings. The SMILES string of the molecule is c1ccc2cc(-c3ccc4c(ccc5cc(N(c6ccc(-c7cnc8ccccc8c7)cc6)c6ccc(-c7cnc8ccccc8c7)cc6)ccc54)c3)ncc2c1. The van der Waals surface area contributed by atoms with Crippen molar-refractivity contribution >= 4 is 71.2 Å². The molecule has 8 aromatic carbocycles. The number of aromatic nitrogens is 3. The van der Waals surface area contributed by atoms with E-state index in [2.05, 4.69) is 181 Å². The monoisotopic (exact) mass is 726 g/mol. The van der Waals surface area contributed by atoms with E-state index < -0.39 is 0 Å². The molecule has 0 radical (unpaired) electrons. The van der Waals surface area contributed by atoms with Crippen LogP contribution in [0, 0.1) is 0 Å². The molecule has 0 saturated carbocycles. The molecular weight excluding hydrogens is 693 g/mol. The lowest BCUT2D eigenvalue weighted by Gasteiger charge is -2.26. The van der Waals surface area contributed by atoms with Crippen LogP contribution in [0.2, 0.25) is 0 Å². The maximum absolute atomic E-state index is 4.79. The second kappa shape index (κ2) is 13.6. The minimum absolute atomic E-state index is 0.979. The van der Waals surface area contributed by atoms with E-state index in [1.54, 1.807) is 0 Å².